The Morgan fingerprint density at radius 3 is 2.71 bits per heavy atom. The molecule has 4 rings (SSSR count). The quantitative estimate of drug-likeness (QED) is 0.193. The Morgan fingerprint density at radius 1 is 1.21 bits per heavy atom. The van der Waals surface area contributed by atoms with E-state index in [2.05, 4.69) is 58.3 Å². The summed E-state index contributed by atoms with van der Waals surface area (Å²) in [5.74, 6) is -0.262. The number of fused-ring (bicyclic) bond motifs is 1. The number of allylic oxidation sites excluding steroid dienone is 4. The minimum atomic E-state index is -0.262. The van der Waals surface area contributed by atoms with E-state index in [9.17, 15) is 4.79 Å². The van der Waals surface area contributed by atoms with Crippen LogP contribution in [0.25, 0.3) is 22.0 Å². The van der Waals surface area contributed by atoms with Gasteiger partial charge in [0.25, 0.3) is 5.91 Å². The maximum absolute atomic E-state index is 13.1. The number of carbonyl (C=O) groups excluding carboxylic acids is 1. The molecule has 34 heavy (non-hydrogen) atoms. The second-order valence-electron chi connectivity index (χ2n) is 9.78. The van der Waals surface area contributed by atoms with Crippen LogP contribution in [-0.2, 0) is 0 Å². The number of carbonyl (C=O) groups is 1. The number of nitrogens with zero attached hydrogens (tertiary/aromatic N) is 1. The van der Waals surface area contributed by atoms with Gasteiger partial charge in [-0.25, -0.2) is 5.43 Å². The SMILES string of the molecule is CC1=C(C/C=C(C)\C=N\NC(=O)c2[nH]c3ccc(Br)cc3c2-c2ccccc2)C(C)(C)CCC1. The molecule has 1 amide bonds. The summed E-state index contributed by atoms with van der Waals surface area (Å²) in [7, 11) is 0. The average Bonchev–Trinajstić information content (AvgIpc) is 3.17. The second-order valence-corrected chi connectivity index (χ2v) is 10.7. The van der Waals surface area contributed by atoms with Crippen LogP contribution in [0.2, 0.25) is 0 Å². The van der Waals surface area contributed by atoms with Crippen LogP contribution in [0.15, 0.2) is 80.9 Å². The first kappa shape index (κ1) is 24.2. The molecular formula is C29H32BrN3O. The van der Waals surface area contributed by atoms with Crippen LogP contribution in [-0.4, -0.2) is 17.1 Å². The van der Waals surface area contributed by atoms with Gasteiger partial charge < -0.3 is 4.98 Å². The zero-order valence-electron chi connectivity index (χ0n) is 20.3. The molecule has 0 bridgehead atoms. The third kappa shape index (κ3) is 5.25. The molecule has 1 aliphatic carbocycles. The number of halogens is 1. The zero-order valence-corrected chi connectivity index (χ0v) is 21.9. The van der Waals surface area contributed by atoms with Crippen LogP contribution in [0.5, 0.6) is 0 Å². The predicted molar refractivity (Wildman–Crippen MR) is 146 cm³/mol. The summed E-state index contributed by atoms with van der Waals surface area (Å²) in [5, 5.41) is 5.24. The Bertz CT molecular complexity index is 1300. The van der Waals surface area contributed by atoms with E-state index in [1.807, 2.05) is 55.5 Å². The fourth-order valence-electron chi connectivity index (χ4n) is 4.93. The molecule has 1 heterocycles. The van der Waals surface area contributed by atoms with Crippen molar-refractivity contribution in [1.29, 1.82) is 0 Å². The van der Waals surface area contributed by atoms with Gasteiger partial charge in [0, 0.05) is 27.2 Å². The van der Waals surface area contributed by atoms with Gasteiger partial charge in [-0.1, -0.05) is 77.3 Å². The van der Waals surface area contributed by atoms with Crippen molar-refractivity contribution in [1.82, 2.24) is 10.4 Å². The second kappa shape index (κ2) is 10.1. The predicted octanol–water partition coefficient (Wildman–Crippen LogP) is 8.18. The summed E-state index contributed by atoms with van der Waals surface area (Å²) < 4.78 is 0.966. The van der Waals surface area contributed by atoms with Crippen molar-refractivity contribution < 1.29 is 4.79 Å². The Kier molecular flexibility index (Phi) is 7.22. The van der Waals surface area contributed by atoms with E-state index in [0.717, 1.165) is 38.5 Å². The van der Waals surface area contributed by atoms with Crippen molar-refractivity contribution in [3.8, 4) is 11.1 Å². The summed E-state index contributed by atoms with van der Waals surface area (Å²) in [4.78, 5) is 16.4. The number of rotatable bonds is 6. The number of hydrogen-bond acceptors (Lipinski definition) is 2. The van der Waals surface area contributed by atoms with E-state index in [0.29, 0.717) is 5.69 Å². The van der Waals surface area contributed by atoms with E-state index in [4.69, 9.17) is 0 Å². The summed E-state index contributed by atoms with van der Waals surface area (Å²) in [6.07, 6.45) is 8.57. The molecule has 0 aliphatic heterocycles. The van der Waals surface area contributed by atoms with Gasteiger partial charge in [-0.2, -0.15) is 5.10 Å². The highest BCUT2D eigenvalue weighted by atomic mass is 79.9. The van der Waals surface area contributed by atoms with Gasteiger partial charge in [0.1, 0.15) is 5.69 Å². The largest absolute Gasteiger partial charge is 0.350 e. The van der Waals surface area contributed by atoms with Crippen LogP contribution in [0.3, 0.4) is 0 Å². The topological polar surface area (TPSA) is 57.2 Å². The highest BCUT2D eigenvalue weighted by Crippen LogP contribution is 2.42. The van der Waals surface area contributed by atoms with Gasteiger partial charge in [-0.15, -0.1) is 0 Å². The monoisotopic (exact) mass is 517 g/mol. The standard InChI is InChI=1S/C29H32BrN3O/c1-19(12-14-24-20(2)9-8-16-29(24,3)4)18-31-33-28(34)27-26(21-10-6-5-7-11-21)23-17-22(30)13-15-25(23)32-27/h5-7,10-13,15,17-18,32H,8-9,14,16H2,1-4H3,(H,33,34)/b19-12-,31-18+. The first-order valence-corrected chi connectivity index (χ1v) is 12.6. The number of H-pyrrole nitrogens is 1. The molecule has 0 unspecified atom stereocenters. The lowest BCUT2D eigenvalue weighted by atomic mass is 9.71. The third-order valence-electron chi connectivity index (χ3n) is 6.80. The van der Waals surface area contributed by atoms with Crippen LogP contribution < -0.4 is 5.43 Å². The van der Waals surface area contributed by atoms with Gasteiger partial charge in [0.05, 0.1) is 0 Å². The molecule has 0 radical (unpaired) electrons. The molecule has 2 aromatic carbocycles. The molecular weight excluding hydrogens is 486 g/mol. The van der Waals surface area contributed by atoms with Crippen LogP contribution in [0.4, 0.5) is 0 Å². The molecule has 0 saturated heterocycles. The minimum absolute atomic E-state index is 0.253. The highest BCUT2D eigenvalue weighted by molar-refractivity contribution is 9.10. The zero-order chi connectivity index (χ0) is 24.3. The van der Waals surface area contributed by atoms with E-state index >= 15 is 0 Å². The summed E-state index contributed by atoms with van der Waals surface area (Å²) >= 11 is 3.55. The van der Waals surface area contributed by atoms with Crippen molar-refractivity contribution in [2.24, 2.45) is 10.5 Å². The highest BCUT2D eigenvalue weighted by Gasteiger charge is 2.27. The molecule has 5 heteroatoms. The molecule has 1 aromatic heterocycles. The summed E-state index contributed by atoms with van der Waals surface area (Å²) in [5.41, 5.74) is 10.3. The van der Waals surface area contributed by atoms with E-state index in [-0.39, 0.29) is 11.3 Å². The number of nitrogens with one attached hydrogen (secondary N) is 2. The minimum Gasteiger partial charge on any atom is -0.350 e. The first-order chi connectivity index (χ1) is 16.3. The number of aromatic nitrogens is 1. The molecule has 4 nitrogen and oxygen atoms in total. The lowest BCUT2D eigenvalue weighted by Crippen LogP contribution is -2.20. The third-order valence-corrected chi connectivity index (χ3v) is 7.29. The van der Waals surface area contributed by atoms with Gasteiger partial charge in [-0.3, -0.25) is 4.79 Å². The number of hydrogen-bond donors (Lipinski definition) is 2. The number of hydrazone groups is 1. The van der Waals surface area contributed by atoms with Gasteiger partial charge in [-0.05, 0) is 74.3 Å². The Morgan fingerprint density at radius 2 is 1.97 bits per heavy atom. The molecule has 176 valence electrons. The van der Waals surface area contributed by atoms with E-state index < -0.39 is 0 Å². The van der Waals surface area contributed by atoms with Crippen LogP contribution in [0.1, 0.15) is 63.9 Å². The Labute approximate surface area is 210 Å². The van der Waals surface area contributed by atoms with Crippen molar-refractivity contribution >= 4 is 39.0 Å². The fourth-order valence-corrected chi connectivity index (χ4v) is 5.29. The normalized spacial score (nSPS) is 16.4. The average molecular weight is 518 g/mol. The molecule has 3 aromatic rings. The van der Waals surface area contributed by atoms with E-state index in [1.165, 1.54) is 30.4 Å². The van der Waals surface area contributed by atoms with Crippen molar-refractivity contribution in [2.75, 3.05) is 0 Å². The lowest BCUT2D eigenvalue weighted by molar-refractivity contribution is 0.0951. The van der Waals surface area contributed by atoms with E-state index in [1.54, 1.807) is 6.21 Å². The number of amides is 1. The summed E-state index contributed by atoms with van der Waals surface area (Å²) in [6, 6.07) is 15.9. The number of benzene rings is 2. The Hall–Kier alpha value is -2.92. The molecule has 0 fully saturated rings. The van der Waals surface area contributed by atoms with Crippen molar-refractivity contribution in [3.05, 3.63) is 81.5 Å². The maximum Gasteiger partial charge on any atom is 0.288 e. The fraction of sp³-hybridized carbons (Fsp3) is 0.310. The molecule has 0 atom stereocenters. The van der Waals surface area contributed by atoms with Crippen molar-refractivity contribution in [2.45, 2.75) is 53.4 Å². The molecule has 1 aliphatic rings. The van der Waals surface area contributed by atoms with Gasteiger partial charge >= 0.3 is 0 Å². The Balaban J connectivity index is 1.53. The molecule has 0 saturated carbocycles. The lowest BCUT2D eigenvalue weighted by Gasteiger charge is -2.34. The summed E-state index contributed by atoms with van der Waals surface area (Å²) in [6.45, 7) is 8.96. The van der Waals surface area contributed by atoms with Gasteiger partial charge in [0.15, 0.2) is 0 Å². The molecule has 2 N–H and O–H groups in total. The smallest absolute Gasteiger partial charge is 0.288 e. The molecule has 0 spiro atoms. The van der Waals surface area contributed by atoms with Crippen LogP contribution >= 0.6 is 15.9 Å². The number of aromatic amines is 1. The maximum atomic E-state index is 13.1. The van der Waals surface area contributed by atoms with Crippen LogP contribution in [0, 0.1) is 5.41 Å². The van der Waals surface area contributed by atoms with Gasteiger partial charge in [0.2, 0.25) is 0 Å². The first-order valence-electron chi connectivity index (χ1n) is 11.8. The van der Waals surface area contributed by atoms with Crippen molar-refractivity contribution in [3.63, 3.8) is 0 Å².